The Morgan fingerprint density at radius 1 is 1.12 bits per heavy atom. The quantitative estimate of drug-likeness (QED) is 0.725. The zero-order valence-corrected chi connectivity index (χ0v) is 13.4. The summed E-state index contributed by atoms with van der Waals surface area (Å²) in [5.41, 5.74) is 7.51. The van der Waals surface area contributed by atoms with Gasteiger partial charge in [-0.05, 0) is 18.2 Å². The summed E-state index contributed by atoms with van der Waals surface area (Å²) in [4.78, 5) is 16.9. The zero-order chi connectivity index (χ0) is 16.8. The van der Waals surface area contributed by atoms with Crippen LogP contribution in [0.5, 0.6) is 0 Å². The second kappa shape index (κ2) is 7.56. The molecule has 0 bridgehead atoms. The average molecular weight is 339 g/mol. The molecular formula is C17H14FN5S. The summed E-state index contributed by atoms with van der Waals surface area (Å²) in [6.07, 6.45) is 6.57. The number of rotatable bonds is 5. The normalized spacial score (nSPS) is 12.4. The van der Waals surface area contributed by atoms with Crippen molar-refractivity contribution in [1.82, 2.24) is 15.0 Å². The lowest BCUT2D eigenvalue weighted by atomic mass is 10.2. The van der Waals surface area contributed by atoms with E-state index in [1.54, 1.807) is 48.9 Å². The number of nitrogens with two attached hydrogens (primary N) is 1. The molecular weight excluding hydrogens is 325 g/mol. The Labute approximate surface area is 142 Å². The van der Waals surface area contributed by atoms with Crippen molar-refractivity contribution in [3.63, 3.8) is 0 Å². The van der Waals surface area contributed by atoms with Crippen molar-refractivity contribution in [2.75, 3.05) is 0 Å². The minimum absolute atomic E-state index is 0.195. The van der Waals surface area contributed by atoms with E-state index in [1.807, 2.05) is 5.38 Å². The number of nitrogens with zero attached hydrogens (tertiary/aromatic N) is 4. The molecule has 0 amide bonds. The second-order valence-electron chi connectivity index (χ2n) is 4.80. The van der Waals surface area contributed by atoms with Crippen molar-refractivity contribution >= 4 is 22.7 Å². The molecule has 0 unspecified atom stereocenters. The maximum atomic E-state index is 13.8. The number of hydrogen-bond donors (Lipinski definition) is 1. The minimum Gasteiger partial charge on any atom is -0.396 e. The van der Waals surface area contributed by atoms with Gasteiger partial charge in [0.05, 0.1) is 18.0 Å². The highest BCUT2D eigenvalue weighted by Crippen LogP contribution is 2.13. The molecule has 3 rings (SSSR count). The average Bonchev–Trinajstić information content (AvgIpc) is 3.15. The van der Waals surface area contributed by atoms with Gasteiger partial charge in [-0.1, -0.05) is 18.2 Å². The first-order chi connectivity index (χ1) is 11.7. The number of aromatic nitrogens is 3. The van der Waals surface area contributed by atoms with E-state index in [9.17, 15) is 4.39 Å². The van der Waals surface area contributed by atoms with Gasteiger partial charge in [-0.15, -0.1) is 11.3 Å². The molecule has 2 aromatic heterocycles. The molecule has 120 valence electrons. The Balaban J connectivity index is 1.93. The highest BCUT2D eigenvalue weighted by Gasteiger charge is 2.08. The molecule has 2 heterocycles. The molecule has 5 nitrogen and oxygen atoms in total. The van der Waals surface area contributed by atoms with E-state index in [0.717, 1.165) is 0 Å². The Hall–Kier alpha value is -2.93. The topological polar surface area (TPSA) is 77.0 Å². The summed E-state index contributed by atoms with van der Waals surface area (Å²) in [5, 5.41) is 2.54. The van der Waals surface area contributed by atoms with E-state index in [4.69, 9.17) is 5.73 Å². The number of hydrogen-bond acceptors (Lipinski definition) is 6. The third-order valence-corrected chi connectivity index (χ3v) is 3.94. The van der Waals surface area contributed by atoms with Crippen LogP contribution in [0.2, 0.25) is 0 Å². The van der Waals surface area contributed by atoms with Crippen molar-refractivity contribution < 1.29 is 4.39 Å². The highest BCUT2D eigenvalue weighted by molar-refractivity contribution is 7.11. The SMILES string of the molecule is NC(=CC(=NCc1ccccc1F)c1nccs1)c1ncccn1. The minimum atomic E-state index is -0.289. The maximum absolute atomic E-state index is 13.8. The van der Waals surface area contributed by atoms with Gasteiger partial charge < -0.3 is 5.73 Å². The largest absolute Gasteiger partial charge is 0.396 e. The standard InChI is InChI=1S/C17H14FN5S/c18-13-5-2-1-4-12(13)11-23-15(17-22-8-9-24-17)10-14(19)16-20-6-3-7-21-16/h1-10H,11,19H2. The van der Waals surface area contributed by atoms with Crippen LogP contribution in [0.25, 0.3) is 5.70 Å². The first-order valence-corrected chi connectivity index (χ1v) is 8.04. The number of halogens is 1. The summed E-state index contributed by atoms with van der Waals surface area (Å²) < 4.78 is 13.8. The van der Waals surface area contributed by atoms with Crippen LogP contribution in [-0.4, -0.2) is 20.7 Å². The van der Waals surface area contributed by atoms with Crippen molar-refractivity contribution in [3.8, 4) is 0 Å². The second-order valence-corrected chi connectivity index (χ2v) is 5.70. The van der Waals surface area contributed by atoms with Crippen molar-refractivity contribution in [3.05, 3.63) is 82.6 Å². The van der Waals surface area contributed by atoms with Crippen LogP contribution < -0.4 is 5.73 Å². The molecule has 0 aliphatic rings. The first kappa shape index (κ1) is 15.9. The highest BCUT2D eigenvalue weighted by atomic mass is 32.1. The van der Waals surface area contributed by atoms with Crippen LogP contribution in [-0.2, 0) is 6.54 Å². The molecule has 0 saturated heterocycles. The Bertz CT molecular complexity index is 860. The fourth-order valence-corrected chi connectivity index (χ4v) is 2.60. The number of benzene rings is 1. The third kappa shape index (κ3) is 3.88. The molecule has 2 N–H and O–H groups in total. The lowest BCUT2D eigenvalue weighted by Gasteiger charge is -2.03. The van der Waals surface area contributed by atoms with Crippen LogP contribution >= 0.6 is 11.3 Å². The lowest BCUT2D eigenvalue weighted by Crippen LogP contribution is -2.06. The molecule has 7 heteroatoms. The van der Waals surface area contributed by atoms with Crippen LogP contribution in [0, 0.1) is 5.82 Å². The monoisotopic (exact) mass is 339 g/mol. The fraction of sp³-hybridized carbons (Fsp3) is 0.0588. The van der Waals surface area contributed by atoms with E-state index < -0.39 is 0 Å². The first-order valence-electron chi connectivity index (χ1n) is 7.16. The van der Waals surface area contributed by atoms with Crippen molar-refractivity contribution in [2.45, 2.75) is 6.54 Å². The number of allylic oxidation sites excluding steroid dienone is 1. The molecule has 0 aliphatic carbocycles. The van der Waals surface area contributed by atoms with E-state index in [-0.39, 0.29) is 12.4 Å². The van der Waals surface area contributed by atoms with Gasteiger partial charge in [0.25, 0.3) is 0 Å². The zero-order valence-electron chi connectivity index (χ0n) is 12.6. The van der Waals surface area contributed by atoms with Gasteiger partial charge in [-0.25, -0.2) is 19.3 Å². The van der Waals surface area contributed by atoms with Crippen molar-refractivity contribution in [2.24, 2.45) is 10.7 Å². The fourth-order valence-electron chi connectivity index (χ4n) is 1.98. The molecule has 3 aromatic rings. The van der Waals surface area contributed by atoms with Gasteiger partial charge in [-0.3, -0.25) is 4.99 Å². The van der Waals surface area contributed by atoms with Crippen molar-refractivity contribution in [1.29, 1.82) is 0 Å². The van der Waals surface area contributed by atoms with Gasteiger partial charge in [0.15, 0.2) is 5.82 Å². The summed E-state index contributed by atoms with van der Waals surface area (Å²) in [7, 11) is 0. The van der Waals surface area contributed by atoms with E-state index in [1.165, 1.54) is 17.4 Å². The van der Waals surface area contributed by atoms with Gasteiger partial charge in [-0.2, -0.15) is 0 Å². The van der Waals surface area contributed by atoms with Crippen LogP contribution in [0.3, 0.4) is 0 Å². The van der Waals surface area contributed by atoms with Crippen LogP contribution in [0.15, 0.2) is 65.4 Å². The summed E-state index contributed by atoms with van der Waals surface area (Å²) >= 11 is 1.43. The summed E-state index contributed by atoms with van der Waals surface area (Å²) in [6.45, 7) is 0.195. The van der Waals surface area contributed by atoms with Gasteiger partial charge in [0.1, 0.15) is 10.8 Å². The Morgan fingerprint density at radius 2 is 1.92 bits per heavy atom. The molecule has 24 heavy (non-hydrogen) atoms. The van der Waals surface area contributed by atoms with Gasteiger partial charge >= 0.3 is 0 Å². The predicted molar refractivity (Wildman–Crippen MR) is 93.0 cm³/mol. The predicted octanol–water partition coefficient (Wildman–Crippen LogP) is 3.06. The molecule has 0 saturated carbocycles. The van der Waals surface area contributed by atoms with E-state index in [2.05, 4.69) is 19.9 Å². The number of aliphatic imine (C=N–C) groups is 1. The smallest absolute Gasteiger partial charge is 0.175 e. The van der Waals surface area contributed by atoms with Crippen LogP contribution in [0.4, 0.5) is 4.39 Å². The third-order valence-electron chi connectivity index (χ3n) is 3.15. The molecule has 0 spiro atoms. The van der Waals surface area contributed by atoms with Crippen LogP contribution in [0.1, 0.15) is 16.4 Å². The number of thiazole rings is 1. The lowest BCUT2D eigenvalue weighted by molar-refractivity contribution is 0.611. The molecule has 1 aromatic carbocycles. The van der Waals surface area contributed by atoms with E-state index >= 15 is 0 Å². The maximum Gasteiger partial charge on any atom is 0.175 e. The summed E-state index contributed by atoms with van der Waals surface area (Å²) in [6, 6.07) is 8.25. The van der Waals surface area contributed by atoms with E-state index in [0.29, 0.717) is 27.8 Å². The van der Waals surface area contributed by atoms with Gasteiger partial charge in [0, 0.05) is 29.5 Å². The molecule has 0 fully saturated rings. The summed E-state index contributed by atoms with van der Waals surface area (Å²) in [5.74, 6) is 0.121. The Kier molecular flexibility index (Phi) is 5.02. The Morgan fingerprint density at radius 3 is 2.62 bits per heavy atom. The van der Waals surface area contributed by atoms with Gasteiger partial charge in [0.2, 0.25) is 0 Å². The molecule has 0 radical (unpaired) electrons. The molecule has 0 aliphatic heterocycles. The molecule has 0 atom stereocenters.